The normalized spacial score (nSPS) is 30.3. The van der Waals surface area contributed by atoms with Gasteiger partial charge in [0.25, 0.3) is 0 Å². The number of benzene rings is 3. The van der Waals surface area contributed by atoms with Crippen LogP contribution in [-0.4, -0.2) is 23.6 Å². The van der Waals surface area contributed by atoms with Gasteiger partial charge in [-0.1, -0.05) is 94.5 Å². The molecule has 2 heterocycles. The van der Waals surface area contributed by atoms with Gasteiger partial charge in [-0.15, -0.1) is 0 Å². The number of carbonyl (C=O) groups excluding carboxylic acids is 4. The van der Waals surface area contributed by atoms with Crippen LogP contribution < -0.4 is 9.80 Å². The summed E-state index contributed by atoms with van der Waals surface area (Å²) in [5, 5.41) is 1.12. The van der Waals surface area contributed by atoms with Crippen LogP contribution in [0, 0.1) is 41.4 Å². The van der Waals surface area contributed by atoms with Crippen LogP contribution in [0.1, 0.15) is 12.0 Å². The standard InChI is InChI=1S/C34H22Cl4N2O4/c35-22-10-6-16(12-24(22)37)39-31(41)21-14-20(15-4-2-1-3-5-15)26-18-8-9-19(27(26)30(21)34(39)44)29-28(18)32(42)40(33(29)43)17-7-11-23(36)25(38)13-17/h1-13,18-19,21,27-30H,14H2/t18-,19-,21-,27+,28-,29-,30+/m1/s1. The Morgan fingerprint density at radius 2 is 1.14 bits per heavy atom. The number of rotatable bonds is 3. The van der Waals surface area contributed by atoms with Gasteiger partial charge in [0.05, 0.1) is 55.1 Å². The topological polar surface area (TPSA) is 74.8 Å². The van der Waals surface area contributed by atoms with Gasteiger partial charge >= 0.3 is 0 Å². The molecule has 3 fully saturated rings. The molecule has 10 heteroatoms. The van der Waals surface area contributed by atoms with E-state index in [1.165, 1.54) is 21.9 Å². The van der Waals surface area contributed by atoms with E-state index < -0.39 is 41.4 Å². The highest BCUT2D eigenvalue weighted by atomic mass is 35.5. The molecule has 1 saturated carbocycles. The molecule has 3 aromatic carbocycles. The lowest BCUT2D eigenvalue weighted by molar-refractivity contribution is -0.129. The summed E-state index contributed by atoms with van der Waals surface area (Å²) in [6, 6.07) is 19.2. The number of amides is 4. The Bertz CT molecular complexity index is 1890. The van der Waals surface area contributed by atoms with E-state index >= 15 is 0 Å². The van der Waals surface area contributed by atoms with Crippen molar-refractivity contribution in [3.8, 4) is 0 Å². The quantitative estimate of drug-likeness (QED) is 0.215. The van der Waals surface area contributed by atoms with E-state index in [9.17, 15) is 19.2 Å². The van der Waals surface area contributed by atoms with Crippen molar-refractivity contribution in [2.45, 2.75) is 6.42 Å². The Hall–Kier alpha value is -3.42. The number of allylic oxidation sites excluding steroid dienone is 4. The molecule has 0 radical (unpaired) electrons. The van der Waals surface area contributed by atoms with Crippen molar-refractivity contribution in [2.75, 3.05) is 9.80 Å². The van der Waals surface area contributed by atoms with Crippen LogP contribution >= 0.6 is 46.4 Å². The molecule has 0 aromatic heterocycles. The Kier molecular flexibility index (Phi) is 6.41. The lowest BCUT2D eigenvalue weighted by atomic mass is 9.49. The Labute approximate surface area is 272 Å². The fourth-order valence-electron chi connectivity index (χ4n) is 8.27. The minimum atomic E-state index is -0.695. The molecular weight excluding hydrogens is 642 g/mol. The lowest BCUT2D eigenvalue weighted by Crippen LogP contribution is -2.51. The summed E-state index contributed by atoms with van der Waals surface area (Å²) in [5.41, 5.74) is 3.59. The monoisotopic (exact) mass is 662 g/mol. The van der Waals surface area contributed by atoms with Crippen LogP contribution in [0.5, 0.6) is 0 Å². The number of fused-ring (bicyclic) bond motifs is 1. The van der Waals surface area contributed by atoms with E-state index in [1.54, 1.807) is 24.3 Å². The third-order valence-electron chi connectivity index (χ3n) is 9.95. The van der Waals surface area contributed by atoms with Crippen LogP contribution in [0.25, 0.3) is 5.57 Å². The van der Waals surface area contributed by atoms with Crippen LogP contribution in [0.15, 0.2) is 84.5 Å². The molecular formula is C34H22Cl4N2O4. The summed E-state index contributed by atoms with van der Waals surface area (Å²) >= 11 is 24.8. The summed E-state index contributed by atoms with van der Waals surface area (Å²) in [6.07, 6.45) is 4.34. The molecule has 0 unspecified atom stereocenters. The van der Waals surface area contributed by atoms with Crippen LogP contribution in [0.2, 0.25) is 20.1 Å². The van der Waals surface area contributed by atoms with Crippen LogP contribution in [-0.2, 0) is 19.2 Å². The van der Waals surface area contributed by atoms with Crippen molar-refractivity contribution in [1.82, 2.24) is 0 Å². The van der Waals surface area contributed by atoms with E-state index in [0.29, 0.717) is 27.8 Å². The zero-order valence-electron chi connectivity index (χ0n) is 22.8. The van der Waals surface area contributed by atoms with Crippen molar-refractivity contribution >= 4 is 87.0 Å². The highest BCUT2D eigenvalue weighted by molar-refractivity contribution is 6.43. The first-order chi connectivity index (χ1) is 21.2. The van der Waals surface area contributed by atoms with E-state index in [-0.39, 0.29) is 33.7 Å². The van der Waals surface area contributed by atoms with Gasteiger partial charge in [0.1, 0.15) is 0 Å². The van der Waals surface area contributed by atoms with Gasteiger partial charge in [0, 0.05) is 11.8 Å². The fourth-order valence-corrected chi connectivity index (χ4v) is 8.86. The number of imide groups is 2. The number of hydrogen-bond acceptors (Lipinski definition) is 4. The van der Waals surface area contributed by atoms with Gasteiger partial charge in [0.2, 0.25) is 23.6 Å². The molecule has 0 N–H and O–H groups in total. The minimum Gasteiger partial charge on any atom is -0.274 e. The van der Waals surface area contributed by atoms with Crippen LogP contribution in [0.3, 0.4) is 0 Å². The van der Waals surface area contributed by atoms with Crippen molar-refractivity contribution in [1.29, 1.82) is 0 Å². The summed E-state index contributed by atoms with van der Waals surface area (Å²) < 4.78 is 0. The first kappa shape index (κ1) is 28.1. The van der Waals surface area contributed by atoms with Gasteiger partial charge in [-0.2, -0.15) is 0 Å². The summed E-state index contributed by atoms with van der Waals surface area (Å²) in [5.74, 6) is -5.21. The Morgan fingerprint density at radius 3 is 1.75 bits per heavy atom. The van der Waals surface area contributed by atoms with Crippen molar-refractivity contribution in [3.05, 3.63) is 110 Å². The summed E-state index contributed by atoms with van der Waals surface area (Å²) in [6.45, 7) is 0. The van der Waals surface area contributed by atoms with Gasteiger partial charge in [-0.3, -0.25) is 19.2 Å². The largest absolute Gasteiger partial charge is 0.274 e. The average Bonchev–Trinajstić information content (AvgIpc) is 3.45. The predicted molar refractivity (Wildman–Crippen MR) is 169 cm³/mol. The molecule has 6 aliphatic rings. The van der Waals surface area contributed by atoms with E-state index in [4.69, 9.17) is 46.4 Å². The number of halogens is 4. The highest BCUT2D eigenvalue weighted by Crippen LogP contribution is 2.63. The van der Waals surface area contributed by atoms with Crippen LogP contribution in [0.4, 0.5) is 11.4 Å². The lowest BCUT2D eigenvalue weighted by Gasteiger charge is -2.51. The molecule has 2 saturated heterocycles. The zero-order chi connectivity index (χ0) is 30.6. The van der Waals surface area contributed by atoms with Crippen molar-refractivity contribution < 1.29 is 19.2 Å². The summed E-state index contributed by atoms with van der Waals surface area (Å²) in [7, 11) is 0. The molecule has 44 heavy (non-hydrogen) atoms. The third kappa shape index (κ3) is 3.81. The number of hydrogen-bond donors (Lipinski definition) is 0. The summed E-state index contributed by atoms with van der Waals surface area (Å²) in [4.78, 5) is 59.1. The third-order valence-corrected chi connectivity index (χ3v) is 11.4. The molecule has 3 aromatic rings. The number of nitrogens with zero attached hydrogens (tertiary/aromatic N) is 2. The van der Waals surface area contributed by atoms with Crippen molar-refractivity contribution in [3.63, 3.8) is 0 Å². The molecule has 2 bridgehead atoms. The maximum absolute atomic E-state index is 14.3. The first-order valence-corrected chi connectivity index (χ1v) is 15.8. The molecule has 0 spiro atoms. The van der Waals surface area contributed by atoms with Gasteiger partial charge in [0.15, 0.2) is 0 Å². The zero-order valence-corrected chi connectivity index (χ0v) is 25.8. The molecule has 9 rings (SSSR count). The average molecular weight is 664 g/mol. The SMILES string of the molecule is O=C1[C@@H]2[C@@H]3C=C[C@H](C4=C(c5ccccc5)C[C@H]5C(=O)N(c6ccc(Cl)c(Cl)c6)C(=O)[C@@H]5[C@H]43)[C@H]2C(=O)N1c1ccc(Cl)c(Cl)c1. The molecule has 7 atom stereocenters. The van der Waals surface area contributed by atoms with E-state index in [0.717, 1.165) is 16.7 Å². The van der Waals surface area contributed by atoms with Gasteiger partial charge in [-0.05, 0) is 59.9 Å². The minimum absolute atomic E-state index is 0.239. The maximum atomic E-state index is 14.3. The fraction of sp³-hybridized carbons (Fsp3) is 0.235. The highest BCUT2D eigenvalue weighted by Gasteiger charge is 2.67. The Morgan fingerprint density at radius 1 is 0.568 bits per heavy atom. The molecule has 2 aliphatic heterocycles. The predicted octanol–water partition coefficient (Wildman–Crippen LogP) is 7.50. The maximum Gasteiger partial charge on any atom is 0.238 e. The van der Waals surface area contributed by atoms with E-state index in [2.05, 4.69) is 0 Å². The second-order valence-corrected chi connectivity index (χ2v) is 13.6. The van der Waals surface area contributed by atoms with E-state index in [1.807, 2.05) is 42.5 Å². The molecule has 6 nitrogen and oxygen atoms in total. The second-order valence-electron chi connectivity index (χ2n) is 11.9. The number of carbonyl (C=O) groups is 4. The molecule has 4 amide bonds. The van der Waals surface area contributed by atoms with Crippen molar-refractivity contribution in [2.24, 2.45) is 41.4 Å². The smallest absolute Gasteiger partial charge is 0.238 e. The first-order valence-electron chi connectivity index (χ1n) is 14.3. The number of anilines is 2. The van der Waals surface area contributed by atoms with Gasteiger partial charge in [-0.25, -0.2) is 9.80 Å². The Balaban J connectivity index is 1.28. The molecule has 4 aliphatic carbocycles. The van der Waals surface area contributed by atoms with Gasteiger partial charge < -0.3 is 0 Å². The second kappa shape index (κ2) is 10.0. The molecule has 220 valence electrons.